The second-order valence-corrected chi connectivity index (χ2v) is 9.85. The standard InChI is InChI=1S/C26H51NO8/c1-3-5-7-9-10-12-14-16-22(30)27-19(20(29)15-13-11-8-6-4-2)18-34-26-25(33)24(32)23(31)21(17-28)35-26/h19-21,23-26,28-29,31-33H,3-18H2,1-2H3,(H,27,30). The van der Waals surface area contributed by atoms with E-state index in [9.17, 15) is 30.3 Å². The molecule has 1 fully saturated rings. The highest BCUT2D eigenvalue weighted by Gasteiger charge is 2.44. The molecule has 1 amide bonds. The molecule has 208 valence electrons. The van der Waals surface area contributed by atoms with E-state index in [4.69, 9.17) is 9.47 Å². The number of unbranched alkanes of at least 4 members (excludes halogenated alkanes) is 10. The summed E-state index contributed by atoms with van der Waals surface area (Å²) in [5.74, 6) is -0.161. The number of rotatable bonds is 20. The maximum Gasteiger partial charge on any atom is 0.220 e. The maximum atomic E-state index is 12.6. The normalized spacial score (nSPS) is 26.4. The smallest absolute Gasteiger partial charge is 0.220 e. The molecule has 7 unspecified atom stereocenters. The van der Waals surface area contributed by atoms with Gasteiger partial charge in [-0.3, -0.25) is 4.79 Å². The minimum Gasteiger partial charge on any atom is -0.394 e. The molecule has 0 aromatic carbocycles. The van der Waals surface area contributed by atoms with Gasteiger partial charge in [-0.1, -0.05) is 84.5 Å². The Bertz CT molecular complexity index is 535. The van der Waals surface area contributed by atoms with E-state index >= 15 is 0 Å². The lowest BCUT2D eigenvalue weighted by molar-refractivity contribution is -0.302. The Labute approximate surface area is 211 Å². The number of carbonyl (C=O) groups excluding carboxylic acids is 1. The number of hydrogen-bond acceptors (Lipinski definition) is 8. The van der Waals surface area contributed by atoms with Crippen LogP contribution >= 0.6 is 0 Å². The van der Waals surface area contributed by atoms with Crippen LogP contribution in [-0.2, 0) is 14.3 Å². The summed E-state index contributed by atoms with van der Waals surface area (Å²) >= 11 is 0. The van der Waals surface area contributed by atoms with Crippen molar-refractivity contribution < 1.29 is 39.8 Å². The van der Waals surface area contributed by atoms with E-state index in [1.807, 2.05) is 0 Å². The first-order chi connectivity index (χ1) is 16.8. The van der Waals surface area contributed by atoms with Gasteiger partial charge in [0.05, 0.1) is 25.4 Å². The van der Waals surface area contributed by atoms with Gasteiger partial charge in [0.15, 0.2) is 6.29 Å². The van der Waals surface area contributed by atoms with E-state index in [1.54, 1.807) is 0 Å². The molecule has 0 radical (unpaired) electrons. The maximum absolute atomic E-state index is 12.6. The van der Waals surface area contributed by atoms with Crippen LogP contribution in [0.5, 0.6) is 0 Å². The molecule has 0 aromatic rings. The highest BCUT2D eigenvalue weighted by molar-refractivity contribution is 5.76. The van der Waals surface area contributed by atoms with Gasteiger partial charge in [0, 0.05) is 6.42 Å². The fourth-order valence-corrected chi connectivity index (χ4v) is 4.33. The van der Waals surface area contributed by atoms with Crippen molar-refractivity contribution in [1.29, 1.82) is 0 Å². The first kappa shape index (κ1) is 32.2. The molecule has 6 N–H and O–H groups in total. The van der Waals surface area contributed by atoms with Crippen molar-refractivity contribution in [3.05, 3.63) is 0 Å². The minimum absolute atomic E-state index is 0.137. The lowest BCUT2D eigenvalue weighted by Crippen LogP contribution is -2.60. The summed E-state index contributed by atoms with van der Waals surface area (Å²) in [6.07, 6.45) is 6.06. The summed E-state index contributed by atoms with van der Waals surface area (Å²) in [7, 11) is 0. The van der Waals surface area contributed by atoms with Gasteiger partial charge in [-0.2, -0.15) is 0 Å². The number of ether oxygens (including phenoxy) is 2. The summed E-state index contributed by atoms with van der Waals surface area (Å²) in [4.78, 5) is 12.6. The molecule has 1 heterocycles. The lowest BCUT2D eigenvalue weighted by Gasteiger charge is -2.40. The van der Waals surface area contributed by atoms with Gasteiger partial charge >= 0.3 is 0 Å². The Morgan fingerprint density at radius 1 is 0.857 bits per heavy atom. The van der Waals surface area contributed by atoms with Gasteiger partial charge < -0.3 is 40.3 Å². The summed E-state index contributed by atoms with van der Waals surface area (Å²) in [5.41, 5.74) is 0. The van der Waals surface area contributed by atoms with Crippen molar-refractivity contribution >= 4 is 5.91 Å². The minimum atomic E-state index is -1.54. The SMILES string of the molecule is CCCCCCCCCC(=O)NC(COC1OC(CO)C(O)C(O)C1O)C(O)CCCCCCC. The molecule has 0 spiro atoms. The second kappa shape index (κ2) is 19.3. The quantitative estimate of drug-likeness (QED) is 0.138. The third kappa shape index (κ3) is 12.8. The van der Waals surface area contributed by atoms with Crippen molar-refractivity contribution in [1.82, 2.24) is 5.32 Å². The van der Waals surface area contributed by atoms with Gasteiger partial charge in [-0.05, 0) is 12.8 Å². The van der Waals surface area contributed by atoms with Gasteiger partial charge in [0.1, 0.15) is 24.4 Å². The largest absolute Gasteiger partial charge is 0.394 e. The molecule has 0 aliphatic carbocycles. The van der Waals surface area contributed by atoms with Crippen LogP contribution in [0, 0.1) is 0 Å². The lowest BCUT2D eigenvalue weighted by atomic mass is 9.99. The fraction of sp³-hybridized carbons (Fsp3) is 0.962. The van der Waals surface area contributed by atoms with E-state index in [2.05, 4.69) is 19.2 Å². The summed E-state index contributed by atoms with van der Waals surface area (Å²) in [6, 6.07) is -0.703. The zero-order chi connectivity index (χ0) is 26.1. The monoisotopic (exact) mass is 505 g/mol. The van der Waals surface area contributed by atoms with Crippen LogP contribution in [0.4, 0.5) is 0 Å². The molecule has 1 aliphatic rings. The van der Waals surface area contributed by atoms with Crippen LogP contribution < -0.4 is 5.32 Å². The molecule has 1 aliphatic heterocycles. The van der Waals surface area contributed by atoms with Crippen LogP contribution in [0.15, 0.2) is 0 Å². The van der Waals surface area contributed by atoms with Crippen LogP contribution in [0.2, 0.25) is 0 Å². The highest BCUT2D eigenvalue weighted by atomic mass is 16.7. The first-order valence-corrected chi connectivity index (χ1v) is 13.7. The van der Waals surface area contributed by atoms with E-state index in [0.717, 1.165) is 51.4 Å². The molecule has 0 saturated carbocycles. The van der Waals surface area contributed by atoms with Crippen molar-refractivity contribution in [2.24, 2.45) is 0 Å². The van der Waals surface area contributed by atoms with Gasteiger partial charge in [0.2, 0.25) is 5.91 Å². The van der Waals surface area contributed by atoms with Crippen LogP contribution in [0.3, 0.4) is 0 Å². The predicted octanol–water partition coefficient (Wildman–Crippen LogP) is 2.15. The highest BCUT2D eigenvalue weighted by Crippen LogP contribution is 2.22. The molecule has 7 atom stereocenters. The van der Waals surface area contributed by atoms with E-state index in [0.29, 0.717) is 12.8 Å². The third-order valence-electron chi connectivity index (χ3n) is 6.71. The van der Waals surface area contributed by atoms with E-state index in [-0.39, 0.29) is 12.5 Å². The van der Waals surface area contributed by atoms with E-state index in [1.165, 1.54) is 25.7 Å². The van der Waals surface area contributed by atoms with Crippen molar-refractivity contribution in [2.75, 3.05) is 13.2 Å². The van der Waals surface area contributed by atoms with Crippen molar-refractivity contribution in [3.8, 4) is 0 Å². The average molecular weight is 506 g/mol. The molecular formula is C26H51NO8. The topological polar surface area (TPSA) is 149 Å². The van der Waals surface area contributed by atoms with Crippen molar-refractivity contribution in [2.45, 2.75) is 147 Å². The molecular weight excluding hydrogens is 454 g/mol. The summed E-state index contributed by atoms with van der Waals surface area (Å²) in [6.45, 7) is 3.63. The summed E-state index contributed by atoms with van der Waals surface area (Å²) < 4.78 is 11.0. The zero-order valence-corrected chi connectivity index (χ0v) is 21.8. The van der Waals surface area contributed by atoms with Crippen LogP contribution in [0.1, 0.15) is 104 Å². The molecule has 1 rings (SSSR count). The Hall–Kier alpha value is -0.810. The number of amides is 1. The molecule has 9 nitrogen and oxygen atoms in total. The van der Waals surface area contributed by atoms with E-state index < -0.39 is 49.5 Å². The number of aliphatic hydroxyl groups is 5. The molecule has 0 bridgehead atoms. The third-order valence-corrected chi connectivity index (χ3v) is 6.71. The Balaban J connectivity index is 2.58. The van der Waals surface area contributed by atoms with Gasteiger partial charge in [-0.25, -0.2) is 0 Å². The number of aliphatic hydroxyl groups excluding tert-OH is 5. The van der Waals surface area contributed by atoms with Crippen LogP contribution in [-0.4, -0.2) is 87.5 Å². The molecule has 9 heteroatoms. The zero-order valence-electron chi connectivity index (χ0n) is 21.8. The molecule has 35 heavy (non-hydrogen) atoms. The summed E-state index contributed by atoms with van der Waals surface area (Å²) in [5, 5.41) is 53.1. The van der Waals surface area contributed by atoms with Gasteiger partial charge in [0.25, 0.3) is 0 Å². The van der Waals surface area contributed by atoms with Crippen molar-refractivity contribution in [3.63, 3.8) is 0 Å². The molecule has 1 saturated heterocycles. The van der Waals surface area contributed by atoms with Gasteiger partial charge in [-0.15, -0.1) is 0 Å². The predicted molar refractivity (Wildman–Crippen MR) is 134 cm³/mol. The Morgan fingerprint density at radius 2 is 1.43 bits per heavy atom. The first-order valence-electron chi connectivity index (χ1n) is 13.7. The Morgan fingerprint density at radius 3 is 2.03 bits per heavy atom. The van der Waals surface area contributed by atoms with Crippen LogP contribution in [0.25, 0.3) is 0 Å². The fourth-order valence-electron chi connectivity index (χ4n) is 4.33. The average Bonchev–Trinajstić information content (AvgIpc) is 2.85. The Kier molecular flexibility index (Phi) is 17.8. The molecule has 0 aromatic heterocycles. The number of nitrogens with one attached hydrogen (secondary N) is 1. The number of carbonyl (C=O) groups is 1. The number of hydrogen-bond donors (Lipinski definition) is 6. The second-order valence-electron chi connectivity index (χ2n) is 9.85.